The summed E-state index contributed by atoms with van der Waals surface area (Å²) in [4.78, 5) is 0.215. The monoisotopic (exact) mass is 285 g/mol. The number of benzene rings is 1. The molecule has 1 aliphatic rings. The van der Waals surface area contributed by atoms with Gasteiger partial charge in [-0.2, -0.15) is 0 Å². The standard InChI is InChI=1S/C13H19NO4S/c1-2-11-3-5-12(6-4-11)19(16,17)14-9-13(15)7-8-18-10-13/h3-6,14-15H,2,7-10H2,1H3. The minimum atomic E-state index is -3.58. The largest absolute Gasteiger partial charge is 0.386 e. The first kappa shape index (κ1) is 14.5. The van der Waals surface area contributed by atoms with Gasteiger partial charge in [-0.25, -0.2) is 13.1 Å². The highest BCUT2D eigenvalue weighted by Crippen LogP contribution is 2.18. The fraction of sp³-hybridized carbons (Fsp3) is 0.538. The van der Waals surface area contributed by atoms with E-state index in [1.165, 1.54) is 0 Å². The minimum absolute atomic E-state index is 0.0230. The average molecular weight is 285 g/mol. The van der Waals surface area contributed by atoms with Crippen LogP contribution in [0, 0.1) is 0 Å². The van der Waals surface area contributed by atoms with Crippen LogP contribution in [0.3, 0.4) is 0 Å². The average Bonchev–Trinajstić information content (AvgIpc) is 2.84. The first-order chi connectivity index (χ1) is 8.95. The van der Waals surface area contributed by atoms with Gasteiger partial charge in [-0.1, -0.05) is 19.1 Å². The Morgan fingerprint density at radius 2 is 2.05 bits per heavy atom. The Labute approximate surface area is 113 Å². The van der Waals surface area contributed by atoms with Gasteiger partial charge in [0.1, 0.15) is 5.60 Å². The van der Waals surface area contributed by atoms with Gasteiger partial charge in [0.25, 0.3) is 0 Å². The Kier molecular flexibility index (Phi) is 4.25. The van der Waals surface area contributed by atoms with Crippen LogP contribution in [0.15, 0.2) is 29.2 Å². The van der Waals surface area contributed by atoms with E-state index in [0.717, 1.165) is 12.0 Å². The van der Waals surface area contributed by atoms with E-state index < -0.39 is 15.6 Å². The number of hydrogen-bond donors (Lipinski definition) is 2. The Bertz CT molecular complexity index is 518. The van der Waals surface area contributed by atoms with Crippen LogP contribution in [0.4, 0.5) is 0 Å². The zero-order valence-corrected chi connectivity index (χ0v) is 11.7. The number of aryl methyl sites for hydroxylation is 1. The third-order valence-corrected chi connectivity index (χ3v) is 4.73. The fourth-order valence-corrected chi connectivity index (χ4v) is 3.07. The highest BCUT2D eigenvalue weighted by atomic mass is 32.2. The van der Waals surface area contributed by atoms with Gasteiger partial charge < -0.3 is 9.84 Å². The molecule has 0 saturated carbocycles. The summed E-state index contributed by atoms with van der Waals surface area (Å²) in [5, 5.41) is 10.0. The Hall–Kier alpha value is -0.950. The van der Waals surface area contributed by atoms with E-state index in [9.17, 15) is 13.5 Å². The van der Waals surface area contributed by atoms with E-state index in [1.54, 1.807) is 24.3 Å². The van der Waals surface area contributed by atoms with Crippen LogP contribution in [0.2, 0.25) is 0 Å². The van der Waals surface area contributed by atoms with Crippen molar-refractivity contribution in [2.45, 2.75) is 30.3 Å². The van der Waals surface area contributed by atoms with Crippen molar-refractivity contribution < 1.29 is 18.3 Å². The van der Waals surface area contributed by atoms with E-state index in [1.807, 2.05) is 6.92 Å². The topological polar surface area (TPSA) is 75.6 Å². The maximum atomic E-state index is 12.1. The van der Waals surface area contributed by atoms with Crippen LogP contribution in [0.1, 0.15) is 18.9 Å². The zero-order chi connectivity index (χ0) is 13.9. The van der Waals surface area contributed by atoms with Gasteiger partial charge in [-0.15, -0.1) is 0 Å². The van der Waals surface area contributed by atoms with Crippen molar-refractivity contribution in [3.8, 4) is 0 Å². The molecule has 1 aromatic carbocycles. The van der Waals surface area contributed by atoms with Gasteiger partial charge in [0.2, 0.25) is 10.0 Å². The van der Waals surface area contributed by atoms with Crippen LogP contribution in [-0.2, 0) is 21.2 Å². The molecular weight excluding hydrogens is 266 g/mol. The molecule has 106 valence electrons. The number of nitrogens with one attached hydrogen (secondary N) is 1. The Balaban J connectivity index is 2.05. The molecule has 0 radical (unpaired) electrons. The number of sulfonamides is 1. The van der Waals surface area contributed by atoms with Gasteiger partial charge in [0.15, 0.2) is 0 Å². The molecule has 2 rings (SSSR count). The smallest absolute Gasteiger partial charge is 0.240 e. The summed E-state index contributed by atoms with van der Waals surface area (Å²) in [6.07, 6.45) is 1.31. The lowest BCUT2D eigenvalue weighted by Crippen LogP contribution is -2.43. The van der Waals surface area contributed by atoms with Crippen molar-refractivity contribution in [3.05, 3.63) is 29.8 Å². The molecule has 2 N–H and O–H groups in total. The minimum Gasteiger partial charge on any atom is -0.386 e. The van der Waals surface area contributed by atoms with Crippen molar-refractivity contribution in [3.63, 3.8) is 0 Å². The van der Waals surface area contributed by atoms with E-state index in [2.05, 4.69) is 4.72 Å². The van der Waals surface area contributed by atoms with E-state index >= 15 is 0 Å². The Morgan fingerprint density at radius 1 is 1.37 bits per heavy atom. The Morgan fingerprint density at radius 3 is 2.58 bits per heavy atom. The SMILES string of the molecule is CCc1ccc(S(=O)(=O)NCC2(O)CCOC2)cc1. The van der Waals surface area contributed by atoms with Crippen molar-refractivity contribution >= 4 is 10.0 Å². The maximum Gasteiger partial charge on any atom is 0.240 e. The highest BCUT2D eigenvalue weighted by molar-refractivity contribution is 7.89. The molecule has 0 aliphatic carbocycles. The van der Waals surface area contributed by atoms with Crippen LogP contribution < -0.4 is 4.72 Å². The van der Waals surface area contributed by atoms with Crippen molar-refractivity contribution in [1.29, 1.82) is 0 Å². The predicted molar refractivity (Wildman–Crippen MR) is 71.4 cm³/mol. The van der Waals surface area contributed by atoms with Crippen molar-refractivity contribution in [2.24, 2.45) is 0 Å². The molecule has 1 unspecified atom stereocenters. The van der Waals surface area contributed by atoms with Gasteiger partial charge >= 0.3 is 0 Å². The molecule has 1 aromatic rings. The van der Waals surface area contributed by atoms with Crippen LogP contribution in [-0.4, -0.2) is 38.9 Å². The predicted octanol–water partition coefficient (Wildman–Crippen LogP) is 0.679. The van der Waals surface area contributed by atoms with Gasteiger partial charge in [-0.05, 0) is 24.1 Å². The molecule has 6 heteroatoms. The second-order valence-electron chi connectivity index (χ2n) is 4.85. The van der Waals surface area contributed by atoms with Crippen LogP contribution >= 0.6 is 0 Å². The first-order valence-corrected chi connectivity index (χ1v) is 7.82. The first-order valence-electron chi connectivity index (χ1n) is 6.34. The molecule has 0 spiro atoms. The van der Waals surface area contributed by atoms with Crippen molar-refractivity contribution in [1.82, 2.24) is 4.72 Å². The van der Waals surface area contributed by atoms with Gasteiger partial charge in [0.05, 0.1) is 11.5 Å². The van der Waals surface area contributed by atoms with Gasteiger partial charge in [-0.3, -0.25) is 0 Å². The lowest BCUT2D eigenvalue weighted by atomic mass is 10.1. The number of aliphatic hydroxyl groups is 1. The number of ether oxygens (including phenoxy) is 1. The summed E-state index contributed by atoms with van der Waals surface area (Å²) in [6.45, 7) is 2.62. The third kappa shape index (κ3) is 3.54. The molecule has 1 aliphatic heterocycles. The molecule has 1 fully saturated rings. The van der Waals surface area contributed by atoms with Crippen LogP contribution in [0.5, 0.6) is 0 Å². The molecule has 0 aromatic heterocycles. The summed E-state index contributed by atoms with van der Waals surface area (Å²) in [5.74, 6) is 0. The van der Waals surface area contributed by atoms with Gasteiger partial charge in [0, 0.05) is 19.6 Å². The molecule has 19 heavy (non-hydrogen) atoms. The summed E-state index contributed by atoms with van der Waals surface area (Å²) in [7, 11) is -3.58. The molecule has 1 saturated heterocycles. The summed E-state index contributed by atoms with van der Waals surface area (Å²) in [6, 6.07) is 6.75. The quantitative estimate of drug-likeness (QED) is 0.834. The van der Waals surface area contributed by atoms with E-state index in [4.69, 9.17) is 4.74 Å². The van der Waals surface area contributed by atoms with Crippen molar-refractivity contribution in [2.75, 3.05) is 19.8 Å². The lowest BCUT2D eigenvalue weighted by Gasteiger charge is -2.20. The van der Waals surface area contributed by atoms with Crippen LogP contribution in [0.25, 0.3) is 0 Å². The summed E-state index contributed by atoms with van der Waals surface area (Å²) in [5.41, 5.74) is -0.00190. The fourth-order valence-electron chi connectivity index (χ4n) is 1.95. The molecular formula is C13H19NO4S. The summed E-state index contributed by atoms with van der Waals surface area (Å²) < 4.78 is 31.6. The third-order valence-electron chi connectivity index (χ3n) is 3.32. The maximum absolute atomic E-state index is 12.1. The molecule has 1 heterocycles. The van der Waals surface area contributed by atoms with E-state index in [0.29, 0.717) is 13.0 Å². The lowest BCUT2D eigenvalue weighted by molar-refractivity contribution is 0.0314. The molecule has 0 amide bonds. The zero-order valence-electron chi connectivity index (χ0n) is 10.9. The number of hydrogen-bond acceptors (Lipinski definition) is 4. The second-order valence-corrected chi connectivity index (χ2v) is 6.62. The normalized spacial score (nSPS) is 23.7. The second kappa shape index (κ2) is 5.58. The molecule has 1 atom stereocenters. The molecule has 0 bridgehead atoms. The summed E-state index contributed by atoms with van der Waals surface area (Å²) >= 11 is 0. The number of rotatable bonds is 5. The highest BCUT2D eigenvalue weighted by Gasteiger charge is 2.33. The molecule has 5 nitrogen and oxygen atoms in total. The van der Waals surface area contributed by atoms with E-state index in [-0.39, 0.29) is 18.0 Å².